The number of rotatable bonds is 5. The lowest BCUT2D eigenvalue weighted by molar-refractivity contribution is -0.115. The monoisotopic (exact) mass is 421 g/mol. The molecule has 1 heterocycles. The van der Waals surface area contributed by atoms with Crippen LogP contribution in [0, 0.1) is 0 Å². The zero-order valence-electron chi connectivity index (χ0n) is 13.7. The molecule has 0 spiro atoms. The molecule has 1 aromatic heterocycles. The Kier molecular flexibility index (Phi) is 5.65. The normalized spacial score (nSPS) is 10.6. The number of carbonyl (C=O) groups is 3. The largest absolute Gasteiger partial charge is 0.366 e. The van der Waals surface area contributed by atoms with E-state index in [1.807, 2.05) is 24.3 Å². The van der Waals surface area contributed by atoms with Crippen LogP contribution >= 0.6 is 34.5 Å². The molecular weight excluding hydrogens is 409 g/mol. The first-order valence-electron chi connectivity index (χ1n) is 7.71. The first-order chi connectivity index (χ1) is 12.9. The maximum Gasteiger partial charge on any atom is 0.263 e. The number of anilines is 1. The van der Waals surface area contributed by atoms with E-state index in [9.17, 15) is 14.4 Å². The summed E-state index contributed by atoms with van der Waals surface area (Å²) in [6, 6.07) is 11.7. The van der Waals surface area contributed by atoms with Crippen LogP contribution in [0.1, 0.15) is 20.0 Å². The molecule has 0 saturated carbocycles. The summed E-state index contributed by atoms with van der Waals surface area (Å²) in [5.74, 6) is -1.55. The molecule has 4 N–H and O–H groups in total. The molecule has 0 saturated heterocycles. The van der Waals surface area contributed by atoms with Gasteiger partial charge in [0, 0.05) is 15.8 Å². The summed E-state index contributed by atoms with van der Waals surface area (Å²) in [7, 11) is 0. The fourth-order valence-corrected chi connectivity index (χ4v) is 4.11. The van der Waals surface area contributed by atoms with Crippen LogP contribution in [0.3, 0.4) is 0 Å². The SMILES string of the molecule is NC(=O)c1ccc(NC(=O)CNC(=O)c2sc3ccccc3c2Cl)cc1Cl. The highest BCUT2D eigenvalue weighted by molar-refractivity contribution is 7.21. The van der Waals surface area contributed by atoms with Crippen molar-refractivity contribution in [3.8, 4) is 0 Å². The van der Waals surface area contributed by atoms with Gasteiger partial charge < -0.3 is 16.4 Å². The number of carbonyl (C=O) groups excluding carboxylic acids is 3. The van der Waals surface area contributed by atoms with Crippen molar-refractivity contribution < 1.29 is 14.4 Å². The van der Waals surface area contributed by atoms with E-state index in [4.69, 9.17) is 28.9 Å². The van der Waals surface area contributed by atoms with E-state index >= 15 is 0 Å². The third-order valence-electron chi connectivity index (χ3n) is 3.67. The van der Waals surface area contributed by atoms with Crippen molar-refractivity contribution in [2.45, 2.75) is 0 Å². The number of nitrogens with two attached hydrogens (primary N) is 1. The molecule has 0 atom stereocenters. The number of fused-ring (bicyclic) bond motifs is 1. The molecule has 2 aromatic carbocycles. The minimum Gasteiger partial charge on any atom is -0.366 e. The third-order valence-corrected chi connectivity index (χ3v) is 5.66. The van der Waals surface area contributed by atoms with E-state index in [-0.39, 0.29) is 17.1 Å². The highest BCUT2D eigenvalue weighted by atomic mass is 35.5. The van der Waals surface area contributed by atoms with Crippen LogP contribution in [-0.4, -0.2) is 24.3 Å². The molecule has 0 fully saturated rings. The average molecular weight is 422 g/mol. The summed E-state index contributed by atoms with van der Waals surface area (Å²) in [6.45, 7) is -0.251. The molecule has 0 aliphatic heterocycles. The molecule has 27 heavy (non-hydrogen) atoms. The molecule has 0 radical (unpaired) electrons. The van der Waals surface area contributed by atoms with Gasteiger partial charge in [0.25, 0.3) is 5.91 Å². The Morgan fingerprint density at radius 2 is 1.81 bits per heavy atom. The van der Waals surface area contributed by atoms with E-state index < -0.39 is 17.7 Å². The zero-order valence-corrected chi connectivity index (χ0v) is 16.0. The lowest BCUT2D eigenvalue weighted by atomic mass is 10.2. The molecule has 138 valence electrons. The van der Waals surface area contributed by atoms with Crippen molar-refractivity contribution in [3.63, 3.8) is 0 Å². The summed E-state index contributed by atoms with van der Waals surface area (Å²) < 4.78 is 0.890. The number of hydrogen-bond acceptors (Lipinski definition) is 4. The van der Waals surface area contributed by atoms with Gasteiger partial charge in [0.1, 0.15) is 4.88 Å². The van der Waals surface area contributed by atoms with Gasteiger partial charge in [-0.25, -0.2) is 0 Å². The van der Waals surface area contributed by atoms with E-state index in [1.54, 1.807) is 0 Å². The second-order valence-corrected chi connectivity index (χ2v) is 7.37. The van der Waals surface area contributed by atoms with Gasteiger partial charge in [-0.15, -0.1) is 11.3 Å². The predicted octanol–water partition coefficient (Wildman–Crippen LogP) is 3.68. The minimum atomic E-state index is -0.662. The van der Waals surface area contributed by atoms with Gasteiger partial charge in [-0.1, -0.05) is 41.4 Å². The van der Waals surface area contributed by atoms with Gasteiger partial charge in [-0.2, -0.15) is 0 Å². The molecule has 9 heteroatoms. The number of benzene rings is 2. The molecule has 0 unspecified atom stereocenters. The highest BCUT2D eigenvalue weighted by Crippen LogP contribution is 2.34. The van der Waals surface area contributed by atoms with Crippen molar-refractivity contribution >= 4 is 68.0 Å². The van der Waals surface area contributed by atoms with Crippen molar-refractivity contribution in [1.82, 2.24) is 5.32 Å². The molecule has 0 aliphatic carbocycles. The smallest absolute Gasteiger partial charge is 0.263 e. The predicted molar refractivity (Wildman–Crippen MR) is 108 cm³/mol. The van der Waals surface area contributed by atoms with E-state index in [0.717, 1.165) is 10.1 Å². The van der Waals surface area contributed by atoms with Crippen molar-refractivity contribution in [2.24, 2.45) is 5.73 Å². The van der Waals surface area contributed by atoms with Gasteiger partial charge in [-0.3, -0.25) is 14.4 Å². The Labute approximate surface area is 168 Å². The maximum atomic E-state index is 12.3. The van der Waals surface area contributed by atoms with E-state index in [1.165, 1.54) is 29.5 Å². The standard InChI is InChI=1S/C18H13Cl2N3O3S/c19-12-7-9(5-6-10(12)17(21)25)23-14(24)8-22-18(26)16-15(20)11-3-1-2-4-13(11)27-16/h1-7H,8H2,(H2,21,25)(H,22,26)(H,23,24). The number of halogens is 2. The lowest BCUT2D eigenvalue weighted by Crippen LogP contribution is -2.32. The molecule has 3 rings (SSSR count). The molecular formula is C18H13Cl2N3O3S. The van der Waals surface area contributed by atoms with Crippen LogP contribution in [-0.2, 0) is 4.79 Å². The summed E-state index contributed by atoms with van der Waals surface area (Å²) >= 11 is 13.4. The Bertz CT molecular complexity index is 1070. The molecule has 6 nitrogen and oxygen atoms in total. The van der Waals surface area contributed by atoms with Gasteiger partial charge in [0.05, 0.1) is 22.2 Å². The Morgan fingerprint density at radius 1 is 1.07 bits per heavy atom. The van der Waals surface area contributed by atoms with E-state index in [0.29, 0.717) is 15.6 Å². The van der Waals surface area contributed by atoms with Gasteiger partial charge in [0.15, 0.2) is 0 Å². The van der Waals surface area contributed by atoms with Crippen LogP contribution in [0.15, 0.2) is 42.5 Å². The summed E-state index contributed by atoms with van der Waals surface area (Å²) in [5.41, 5.74) is 5.71. The van der Waals surface area contributed by atoms with Gasteiger partial charge in [0.2, 0.25) is 11.8 Å². The van der Waals surface area contributed by atoms with Crippen molar-refractivity contribution in [3.05, 3.63) is 63.0 Å². The third kappa shape index (κ3) is 4.21. The maximum absolute atomic E-state index is 12.3. The quantitative estimate of drug-likeness (QED) is 0.585. The van der Waals surface area contributed by atoms with Gasteiger partial charge >= 0.3 is 0 Å². The van der Waals surface area contributed by atoms with Crippen LogP contribution in [0.5, 0.6) is 0 Å². The topological polar surface area (TPSA) is 101 Å². The first kappa shape index (κ1) is 19.2. The number of primary amides is 1. The number of thiophene rings is 1. The van der Waals surface area contributed by atoms with Gasteiger partial charge in [-0.05, 0) is 24.3 Å². The van der Waals surface area contributed by atoms with Crippen LogP contribution in [0.25, 0.3) is 10.1 Å². The van der Waals surface area contributed by atoms with E-state index in [2.05, 4.69) is 10.6 Å². The molecule has 0 bridgehead atoms. The Balaban J connectivity index is 1.63. The second kappa shape index (κ2) is 7.96. The minimum absolute atomic E-state index is 0.126. The van der Waals surface area contributed by atoms with Crippen LogP contribution < -0.4 is 16.4 Å². The lowest BCUT2D eigenvalue weighted by Gasteiger charge is -2.08. The Hall–Kier alpha value is -2.61. The number of nitrogens with one attached hydrogen (secondary N) is 2. The molecule has 3 amide bonds. The highest BCUT2D eigenvalue weighted by Gasteiger charge is 2.17. The molecule has 3 aromatic rings. The zero-order chi connectivity index (χ0) is 19.6. The number of amides is 3. The Morgan fingerprint density at radius 3 is 2.48 bits per heavy atom. The number of hydrogen-bond donors (Lipinski definition) is 3. The first-order valence-corrected chi connectivity index (χ1v) is 9.28. The second-order valence-electron chi connectivity index (χ2n) is 5.53. The summed E-state index contributed by atoms with van der Waals surface area (Å²) in [4.78, 5) is 35.9. The summed E-state index contributed by atoms with van der Waals surface area (Å²) in [5, 5.41) is 6.39. The fraction of sp³-hybridized carbons (Fsp3) is 0.0556. The van der Waals surface area contributed by atoms with Crippen molar-refractivity contribution in [1.29, 1.82) is 0 Å². The fourth-order valence-electron chi connectivity index (χ4n) is 2.40. The van der Waals surface area contributed by atoms with Crippen LogP contribution in [0.4, 0.5) is 5.69 Å². The van der Waals surface area contributed by atoms with Crippen LogP contribution in [0.2, 0.25) is 10.0 Å². The van der Waals surface area contributed by atoms with Crippen molar-refractivity contribution in [2.75, 3.05) is 11.9 Å². The summed E-state index contributed by atoms with van der Waals surface area (Å²) in [6.07, 6.45) is 0. The average Bonchev–Trinajstić information content (AvgIpc) is 2.97. The molecule has 0 aliphatic rings.